The Morgan fingerprint density at radius 3 is 2.48 bits per heavy atom. The van der Waals surface area contributed by atoms with Gasteiger partial charge < -0.3 is 10.5 Å². The van der Waals surface area contributed by atoms with E-state index in [9.17, 15) is 0 Å². The number of hydrazine groups is 1. The predicted molar refractivity (Wildman–Crippen MR) is 87.1 cm³/mol. The molecule has 2 rings (SSSR count). The molecular formula is C17H29N3O. The van der Waals surface area contributed by atoms with Gasteiger partial charge in [0.05, 0.1) is 12.6 Å². The van der Waals surface area contributed by atoms with Gasteiger partial charge in [0.1, 0.15) is 5.75 Å². The molecule has 0 amide bonds. The number of rotatable bonds is 8. The maximum atomic E-state index is 5.78. The molecule has 0 saturated carbocycles. The van der Waals surface area contributed by atoms with Gasteiger partial charge in [-0.25, -0.2) is 5.43 Å². The highest BCUT2D eigenvalue weighted by Crippen LogP contribution is 2.29. The Kier molecular flexibility index (Phi) is 6.49. The Labute approximate surface area is 128 Å². The fourth-order valence-corrected chi connectivity index (χ4v) is 2.84. The largest absolute Gasteiger partial charge is 0.494 e. The maximum Gasteiger partial charge on any atom is 0.119 e. The van der Waals surface area contributed by atoms with Crippen LogP contribution in [0.15, 0.2) is 24.3 Å². The van der Waals surface area contributed by atoms with Crippen LogP contribution in [0.1, 0.15) is 51.1 Å². The van der Waals surface area contributed by atoms with Crippen LogP contribution in [0, 0.1) is 5.92 Å². The molecule has 3 unspecified atom stereocenters. The second-order valence-corrected chi connectivity index (χ2v) is 5.95. The fraction of sp³-hybridized carbons (Fsp3) is 0.647. The Morgan fingerprint density at radius 1 is 1.10 bits per heavy atom. The second-order valence-electron chi connectivity index (χ2n) is 5.95. The molecule has 0 radical (unpaired) electrons. The van der Waals surface area contributed by atoms with E-state index in [1.807, 2.05) is 0 Å². The van der Waals surface area contributed by atoms with Crippen molar-refractivity contribution in [1.29, 1.82) is 0 Å². The third kappa shape index (κ3) is 4.43. The third-order valence-electron chi connectivity index (χ3n) is 4.34. The van der Waals surface area contributed by atoms with Crippen molar-refractivity contribution in [3.63, 3.8) is 0 Å². The van der Waals surface area contributed by atoms with Gasteiger partial charge in [-0.05, 0) is 30.0 Å². The van der Waals surface area contributed by atoms with E-state index in [-0.39, 0.29) is 0 Å². The number of ether oxygens (including phenoxy) is 1. The Bertz CT molecular complexity index is 407. The minimum Gasteiger partial charge on any atom is -0.494 e. The van der Waals surface area contributed by atoms with Crippen LogP contribution in [0.5, 0.6) is 5.75 Å². The van der Waals surface area contributed by atoms with E-state index in [1.165, 1.54) is 24.8 Å². The van der Waals surface area contributed by atoms with Crippen molar-refractivity contribution in [2.75, 3.05) is 13.2 Å². The lowest BCUT2D eigenvalue weighted by Crippen LogP contribution is -2.37. The monoisotopic (exact) mass is 291 g/mol. The highest BCUT2D eigenvalue weighted by molar-refractivity contribution is 5.30. The summed E-state index contributed by atoms with van der Waals surface area (Å²) in [6.07, 6.45) is 4.95. The SMILES string of the molecule is CCCCCCOc1ccc(C2NNC(CN)C2C)cc1. The molecule has 3 atom stereocenters. The summed E-state index contributed by atoms with van der Waals surface area (Å²) >= 11 is 0. The number of benzene rings is 1. The van der Waals surface area contributed by atoms with Crippen LogP contribution >= 0.6 is 0 Å². The molecular weight excluding hydrogens is 262 g/mol. The van der Waals surface area contributed by atoms with Crippen LogP contribution in [0.4, 0.5) is 0 Å². The summed E-state index contributed by atoms with van der Waals surface area (Å²) in [6.45, 7) is 5.92. The van der Waals surface area contributed by atoms with Crippen LogP contribution in [-0.2, 0) is 0 Å². The number of hydrogen-bond donors (Lipinski definition) is 3. The van der Waals surface area contributed by atoms with Gasteiger partial charge in [0.2, 0.25) is 0 Å². The molecule has 1 aliphatic rings. The first kappa shape index (κ1) is 16.3. The van der Waals surface area contributed by atoms with Crippen molar-refractivity contribution >= 4 is 0 Å². The highest BCUT2D eigenvalue weighted by Gasteiger charge is 2.32. The molecule has 0 aliphatic carbocycles. The third-order valence-corrected chi connectivity index (χ3v) is 4.34. The summed E-state index contributed by atoms with van der Waals surface area (Å²) in [6, 6.07) is 9.09. The topological polar surface area (TPSA) is 59.3 Å². The summed E-state index contributed by atoms with van der Waals surface area (Å²) in [4.78, 5) is 0. The van der Waals surface area contributed by atoms with Crippen molar-refractivity contribution in [1.82, 2.24) is 10.9 Å². The van der Waals surface area contributed by atoms with E-state index < -0.39 is 0 Å². The quantitative estimate of drug-likeness (QED) is 0.645. The van der Waals surface area contributed by atoms with E-state index >= 15 is 0 Å². The van der Waals surface area contributed by atoms with Crippen molar-refractivity contribution in [3.05, 3.63) is 29.8 Å². The first-order chi connectivity index (χ1) is 10.3. The average molecular weight is 291 g/mol. The molecule has 4 nitrogen and oxygen atoms in total. The summed E-state index contributed by atoms with van der Waals surface area (Å²) in [5.41, 5.74) is 13.6. The summed E-state index contributed by atoms with van der Waals surface area (Å²) in [7, 11) is 0. The number of hydrogen-bond acceptors (Lipinski definition) is 4. The standard InChI is InChI=1S/C17H29N3O/c1-3-4-5-6-11-21-15-9-7-14(8-10-15)17-13(2)16(12-18)19-20-17/h7-10,13,16-17,19-20H,3-6,11-12,18H2,1-2H3. The Morgan fingerprint density at radius 2 is 1.86 bits per heavy atom. The molecule has 1 aromatic carbocycles. The smallest absolute Gasteiger partial charge is 0.119 e. The fourth-order valence-electron chi connectivity index (χ4n) is 2.84. The summed E-state index contributed by atoms with van der Waals surface area (Å²) in [5.74, 6) is 1.44. The van der Waals surface area contributed by atoms with E-state index in [1.54, 1.807) is 0 Å². The molecule has 1 fully saturated rings. The van der Waals surface area contributed by atoms with E-state index in [0.717, 1.165) is 18.8 Å². The first-order valence-electron chi connectivity index (χ1n) is 8.20. The maximum absolute atomic E-state index is 5.78. The summed E-state index contributed by atoms with van der Waals surface area (Å²) < 4.78 is 5.78. The lowest BCUT2D eigenvalue weighted by atomic mass is 9.91. The molecule has 4 N–H and O–H groups in total. The van der Waals surface area contributed by atoms with Crippen LogP contribution < -0.4 is 21.3 Å². The van der Waals surface area contributed by atoms with Crippen LogP contribution in [0.25, 0.3) is 0 Å². The van der Waals surface area contributed by atoms with Gasteiger partial charge in [0, 0.05) is 12.6 Å². The van der Waals surface area contributed by atoms with Crippen molar-refractivity contribution in [2.45, 2.75) is 51.6 Å². The number of unbranched alkanes of at least 4 members (excludes halogenated alkanes) is 3. The minimum atomic E-state index is 0.317. The molecule has 118 valence electrons. The number of nitrogens with two attached hydrogens (primary N) is 1. The lowest BCUT2D eigenvalue weighted by Gasteiger charge is -2.18. The van der Waals surface area contributed by atoms with Gasteiger partial charge in [-0.1, -0.05) is 45.2 Å². The van der Waals surface area contributed by atoms with E-state index in [0.29, 0.717) is 24.5 Å². The van der Waals surface area contributed by atoms with Crippen LogP contribution in [-0.4, -0.2) is 19.2 Å². The van der Waals surface area contributed by atoms with Crippen LogP contribution in [0.3, 0.4) is 0 Å². The molecule has 0 aromatic heterocycles. The van der Waals surface area contributed by atoms with Crippen LogP contribution in [0.2, 0.25) is 0 Å². The van der Waals surface area contributed by atoms with Gasteiger partial charge in [-0.3, -0.25) is 5.43 Å². The van der Waals surface area contributed by atoms with Crippen molar-refractivity contribution in [2.24, 2.45) is 11.7 Å². The average Bonchev–Trinajstić information content (AvgIpc) is 2.88. The molecule has 1 aromatic rings. The van der Waals surface area contributed by atoms with Gasteiger partial charge in [-0.15, -0.1) is 0 Å². The van der Waals surface area contributed by atoms with Crippen molar-refractivity contribution < 1.29 is 4.74 Å². The summed E-state index contributed by atoms with van der Waals surface area (Å²) in [5, 5.41) is 0. The zero-order valence-corrected chi connectivity index (χ0v) is 13.3. The number of nitrogens with one attached hydrogen (secondary N) is 2. The highest BCUT2D eigenvalue weighted by atomic mass is 16.5. The minimum absolute atomic E-state index is 0.317. The predicted octanol–water partition coefficient (Wildman–Crippen LogP) is 2.76. The van der Waals surface area contributed by atoms with Gasteiger partial charge >= 0.3 is 0 Å². The molecule has 21 heavy (non-hydrogen) atoms. The Hall–Kier alpha value is -1.10. The zero-order valence-electron chi connectivity index (χ0n) is 13.3. The zero-order chi connectivity index (χ0) is 15.1. The van der Waals surface area contributed by atoms with Gasteiger partial charge in [0.25, 0.3) is 0 Å². The molecule has 1 aliphatic heterocycles. The van der Waals surface area contributed by atoms with E-state index in [4.69, 9.17) is 10.5 Å². The molecule has 1 heterocycles. The van der Waals surface area contributed by atoms with Gasteiger partial charge in [-0.2, -0.15) is 0 Å². The van der Waals surface area contributed by atoms with E-state index in [2.05, 4.69) is 49.0 Å². The molecule has 4 heteroatoms. The second kappa shape index (κ2) is 8.37. The van der Waals surface area contributed by atoms with Crippen molar-refractivity contribution in [3.8, 4) is 5.75 Å². The first-order valence-corrected chi connectivity index (χ1v) is 8.20. The molecule has 0 bridgehead atoms. The lowest BCUT2D eigenvalue weighted by molar-refractivity contribution is 0.305. The Balaban J connectivity index is 1.82. The molecule has 0 spiro atoms. The normalized spacial score (nSPS) is 25.2. The molecule has 1 saturated heterocycles. The van der Waals surface area contributed by atoms with Gasteiger partial charge in [0.15, 0.2) is 0 Å².